The predicted molar refractivity (Wildman–Crippen MR) is 151 cm³/mol. The molecule has 3 aliphatic rings. The summed E-state index contributed by atoms with van der Waals surface area (Å²) in [6.07, 6.45) is -0.179. The summed E-state index contributed by atoms with van der Waals surface area (Å²) >= 11 is 0. The van der Waals surface area contributed by atoms with Gasteiger partial charge in [-0.3, -0.25) is 19.3 Å². The van der Waals surface area contributed by atoms with Gasteiger partial charge in [0.25, 0.3) is 5.91 Å². The van der Waals surface area contributed by atoms with Crippen LogP contribution in [0.3, 0.4) is 0 Å². The van der Waals surface area contributed by atoms with E-state index in [0.29, 0.717) is 17.5 Å². The third-order valence-electron chi connectivity index (χ3n) is 8.49. The maximum atomic E-state index is 14.4. The molecule has 0 unspecified atom stereocenters. The molecule has 1 saturated carbocycles. The zero-order valence-corrected chi connectivity index (χ0v) is 22.9. The quantitative estimate of drug-likeness (QED) is 0.223. The first-order valence-electron chi connectivity index (χ1n) is 13.0. The molecule has 1 fully saturated rings. The van der Waals surface area contributed by atoms with Gasteiger partial charge in [0, 0.05) is 12.0 Å². The molecule has 0 spiro atoms. The van der Waals surface area contributed by atoms with Crippen LogP contribution in [0.1, 0.15) is 28.7 Å². The molecule has 11 heteroatoms. The Morgan fingerprint density at radius 1 is 1.10 bits per heavy atom. The number of nitrogens with two attached hydrogens (primary N) is 3. The number of Topliss-reactive ketones (excluding diaryl/α,β-unsaturated/α-hetero) is 2. The number of hydrogen-bond acceptors (Lipinski definition) is 10. The van der Waals surface area contributed by atoms with Crippen molar-refractivity contribution in [2.75, 3.05) is 14.1 Å². The highest BCUT2D eigenvalue weighted by atomic mass is 16.3. The van der Waals surface area contributed by atoms with Crippen LogP contribution in [0.5, 0.6) is 5.75 Å². The van der Waals surface area contributed by atoms with Crippen LogP contribution in [0.15, 0.2) is 59.4 Å². The second kappa shape index (κ2) is 9.57. The molecule has 0 heterocycles. The predicted octanol–water partition coefficient (Wildman–Crippen LogP) is 0.500. The highest BCUT2D eigenvalue weighted by molar-refractivity contribution is 6.25. The smallest absolute Gasteiger partial charge is 0.255 e. The maximum absolute atomic E-state index is 14.4. The number of benzene rings is 2. The van der Waals surface area contributed by atoms with Gasteiger partial charge in [0.2, 0.25) is 0 Å². The summed E-state index contributed by atoms with van der Waals surface area (Å²) in [6, 6.07) is 12.7. The van der Waals surface area contributed by atoms with E-state index in [1.807, 2.05) is 30.3 Å². The number of primary amides is 1. The average Bonchev–Trinajstić information content (AvgIpc) is 2.89. The van der Waals surface area contributed by atoms with E-state index in [1.54, 1.807) is 12.1 Å². The van der Waals surface area contributed by atoms with E-state index < -0.39 is 69.1 Å². The van der Waals surface area contributed by atoms with Gasteiger partial charge in [-0.05, 0) is 50.2 Å². The van der Waals surface area contributed by atoms with Crippen LogP contribution in [0.2, 0.25) is 0 Å². The highest BCUT2D eigenvalue weighted by Gasteiger charge is 2.74. The lowest BCUT2D eigenvalue weighted by molar-refractivity contribution is -0.139. The Hall–Kier alpha value is -4.94. The molecule has 4 atom stereocenters. The minimum Gasteiger partial charge on any atom is -0.509 e. The average molecular weight is 568 g/mol. The molecule has 2 aromatic rings. The number of phenolic OH excluding ortho intramolecular Hbond substituents is 1. The van der Waals surface area contributed by atoms with E-state index in [2.05, 4.69) is 11.8 Å². The standard InChI is InChI=1S/C31H29N5O6/c1-36(2)25-24(39)21(28(33)42)26(40)30(15-32)27(41)22-23(38)20-18(13-29(22,34)14-31(25,30)35)17(11-12-19(20)37)10-6-9-16-7-4-3-5-8-16/h3-5,7-8,11-12,25,37-38,40H,9,13-14,34-35H2,1-2H3,(H2,33,42)/t25-,29-,30+,31-/m1/s1. The van der Waals surface area contributed by atoms with Crippen molar-refractivity contribution < 1.29 is 29.7 Å². The summed E-state index contributed by atoms with van der Waals surface area (Å²) in [7, 11) is 2.93. The third-order valence-corrected chi connectivity index (χ3v) is 8.49. The summed E-state index contributed by atoms with van der Waals surface area (Å²) in [4.78, 5) is 41.5. The number of nitriles is 1. The molecule has 5 rings (SSSR count). The molecular weight excluding hydrogens is 538 g/mol. The number of amides is 1. The molecule has 2 aromatic carbocycles. The molecule has 0 saturated heterocycles. The highest BCUT2D eigenvalue weighted by Crippen LogP contribution is 2.58. The zero-order chi connectivity index (χ0) is 30.8. The van der Waals surface area contributed by atoms with Gasteiger partial charge >= 0.3 is 0 Å². The lowest BCUT2D eigenvalue weighted by Crippen LogP contribution is -2.80. The van der Waals surface area contributed by atoms with Crippen LogP contribution in [0.4, 0.5) is 0 Å². The summed E-state index contributed by atoms with van der Waals surface area (Å²) in [5.41, 5.74) is 12.8. The molecule has 1 amide bonds. The maximum Gasteiger partial charge on any atom is 0.255 e. The molecule has 0 bridgehead atoms. The minimum absolute atomic E-state index is 0.0989. The number of carbonyl (C=O) groups excluding carboxylic acids is 3. The largest absolute Gasteiger partial charge is 0.509 e. The van der Waals surface area contributed by atoms with Crippen molar-refractivity contribution in [3.8, 4) is 23.7 Å². The van der Waals surface area contributed by atoms with Gasteiger partial charge in [-0.1, -0.05) is 42.2 Å². The van der Waals surface area contributed by atoms with E-state index in [1.165, 1.54) is 25.1 Å². The van der Waals surface area contributed by atoms with Gasteiger partial charge in [-0.25, -0.2) is 0 Å². The Morgan fingerprint density at radius 2 is 1.76 bits per heavy atom. The van der Waals surface area contributed by atoms with Crippen molar-refractivity contribution >= 4 is 23.2 Å². The second-order valence-corrected chi connectivity index (χ2v) is 11.2. The number of phenols is 1. The number of nitrogens with zero attached hydrogens (tertiary/aromatic N) is 2. The van der Waals surface area contributed by atoms with Crippen molar-refractivity contribution in [1.82, 2.24) is 4.90 Å². The van der Waals surface area contributed by atoms with E-state index >= 15 is 0 Å². The molecular formula is C31H29N5O6. The van der Waals surface area contributed by atoms with Crippen molar-refractivity contribution in [3.63, 3.8) is 0 Å². The molecule has 3 aliphatic carbocycles. The second-order valence-electron chi connectivity index (χ2n) is 11.2. The van der Waals surface area contributed by atoms with Gasteiger partial charge in [-0.15, -0.1) is 0 Å². The fourth-order valence-electron chi connectivity index (χ4n) is 6.79. The molecule has 11 nitrogen and oxygen atoms in total. The number of hydrogen-bond donors (Lipinski definition) is 6. The van der Waals surface area contributed by atoms with Gasteiger partial charge in [-0.2, -0.15) is 5.26 Å². The first-order chi connectivity index (χ1) is 19.7. The van der Waals surface area contributed by atoms with Crippen molar-refractivity contribution in [2.45, 2.75) is 36.4 Å². The summed E-state index contributed by atoms with van der Waals surface area (Å²) in [5.74, 6) is 0.361. The van der Waals surface area contributed by atoms with E-state index in [0.717, 1.165) is 5.56 Å². The van der Waals surface area contributed by atoms with E-state index in [9.17, 15) is 35.0 Å². The Balaban J connectivity index is 1.75. The number of ketones is 2. The lowest BCUT2D eigenvalue weighted by atomic mass is 9.47. The topological polar surface area (TPSA) is 217 Å². The molecule has 9 N–H and O–H groups in total. The number of aromatic hydroxyl groups is 1. The number of rotatable bonds is 3. The molecule has 214 valence electrons. The number of likely N-dealkylation sites (N-methyl/N-ethyl adjacent to an activating group) is 1. The summed E-state index contributed by atoms with van der Waals surface area (Å²) < 4.78 is 0. The summed E-state index contributed by atoms with van der Waals surface area (Å²) in [6.45, 7) is 0. The molecule has 0 aromatic heterocycles. The SMILES string of the molecule is CN(C)[C@@H]1C(=O)C(C(N)=O)=C(O)[C@@]2(C#N)C(=O)C3=C(O)c4c(O)ccc(C#CCc5ccccc5)c4C[C@@]3(N)C[C@@]12N. The van der Waals surface area contributed by atoms with Gasteiger partial charge in [0.05, 0.1) is 34.3 Å². The monoisotopic (exact) mass is 567 g/mol. The third kappa shape index (κ3) is 3.68. The van der Waals surface area contributed by atoms with Crippen molar-refractivity contribution in [2.24, 2.45) is 22.6 Å². The van der Waals surface area contributed by atoms with Gasteiger partial charge < -0.3 is 32.5 Å². The Kier molecular flexibility index (Phi) is 6.51. The number of fused-ring (bicyclic) bond motifs is 3. The summed E-state index contributed by atoms with van der Waals surface area (Å²) in [5, 5.41) is 44.0. The van der Waals surface area contributed by atoms with Crippen LogP contribution < -0.4 is 17.2 Å². The number of carbonyl (C=O) groups is 3. The van der Waals surface area contributed by atoms with Crippen LogP contribution in [0.25, 0.3) is 5.76 Å². The Morgan fingerprint density at radius 3 is 2.36 bits per heavy atom. The minimum atomic E-state index is -2.70. The van der Waals surface area contributed by atoms with Crippen LogP contribution in [-0.2, 0) is 27.2 Å². The first kappa shape index (κ1) is 28.6. The molecule has 0 radical (unpaired) electrons. The Bertz CT molecular complexity index is 1740. The van der Waals surface area contributed by atoms with E-state index in [-0.39, 0.29) is 17.7 Å². The van der Waals surface area contributed by atoms with Crippen LogP contribution in [-0.4, -0.2) is 68.9 Å². The number of aliphatic hydroxyl groups is 2. The van der Waals surface area contributed by atoms with Crippen LogP contribution in [0, 0.1) is 28.6 Å². The molecule has 0 aliphatic heterocycles. The normalized spacial score (nSPS) is 28.3. The fourth-order valence-corrected chi connectivity index (χ4v) is 6.79. The first-order valence-corrected chi connectivity index (χ1v) is 13.0. The van der Waals surface area contributed by atoms with Gasteiger partial charge in [0.1, 0.15) is 22.8 Å². The van der Waals surface area contributed by atoms with Gasteiger partial charge in [0.15, 0.2) is 17.0 Å². The number of aliphatic hydroxyl groups excluding tert-OH is 2. The Labute approximate surface area is 241 Å². The van der Waals surface area contributed by atoms with Crippen LogP contribution >= 0.6 is 0 Å². The van der Waals surface area contributed by atoms with Crippen molar-refractivity contribution in [1.29, 1.82) is 5.26 Å². The lowest BCUT2D eigenvalue weighted by Gasteiger charge is -2.58. The fraction of sp³-hybridized carbons (Fsp3) is 0.290. The van der Waals surface area contributed by atoms with Crippen molar-refractivity contribution in [3.05, 3.63) is 81.6 Å². The molecule has 42 heavy (non-hydrogen) atoms. The van der Waals surface area contributed by atoms with E-state index in [4.69, 9.17) is 17.2 Å². The zero-order valence-electron chi connectivity index (χ0n) is 22.9.